The van der Waals surface area contributed by atoms with Crippen LogP contribution in [0, 0.1) is 6.92 Å². The van der Waals surface area contributed by atoms with Crippen LogP contribution in [0.25, 0.3) is 5.69 Å². The highest BCUT2D eigenvalue weighted by molar-refractivity contribution is 5.93. The molecule has 1 aromatic heterocycles. The Labute approximate surface area is 130 Å². The smallest absolute Gasteiger partial charge is 0.274 e. The van der Waals surface area contributed by atoms with Crippen molar-refractivity contribution in [3.05, 3.63) is 35.7 Å². The van der Waals surface area contributed by atoms with Gasteiger partial charge in [-0.05, 0) is 51.5 Å². The molecule has 1 heterocycles. The molecule has 0 aliphatic heterocycles. The van der Waals surface area contributed by atoms with Crippen LogP contribution in [-0.2, 0) is 0 Å². The molecule has 2 rings (SSSR count). The van der Waals surface area contributed by atoms with Crippen molar-refractivity contribution in [3.8, 4) is 11.4 Å². The standard InChI is InChI=1S/C16H22N4O2/c1-6-16(3,4)17-15(21)14-11(2)20(19-18-14)12-7-9-13(22-5)10-8-12/h7-10H,6H2,1-5H3,(H,17,21). The highest BCUT2D eigenvalue weighted by Crippen LogP contribution is 2.17. The van der Waals surface area contributed by atoms with Gasteiger partial charge in [0.1, 0.15) is 5.75 Å². The van der Waals surface area contributed by atoms with E-state index in [2.05, 4.69) is 15.6 Å². The molecule has 1 N–H and O–H groups in total. The number of methoxy groups -OCH3 is 1. The number of ether oxygens (including phenoxy) is 1. The van der Waals surface area contributed by atoms with Gasteiger partial charge < -0.3 is 10.1 Å². The summed E-state index contributed by atoms with van der Waals surface area (Å²) in [6.45, 7) is 7.82. The predicted molar refractivity (Wildman–Crippen MR) is 84.5 cm³/mol. The van der Waals surface area contributed by atoms with E-state index in [-0.39, 0.29) is 11.4 Å². The van der Waals surface area contributed by atoms with Crippen LogP contribution in [0.2, 0.25) is 0 Å². The van der Waals surface area contributed by atoms with E-state index in [1.807, 2.05) is 52.0 Å². The highest BCUT2D eigenvalue weighted by atomic mass is 16.5. The number of hydrogen-bond acceptors (Lipinski definition) is 4. The van der Waals surface area contributed by atoms with Gasteiger partial charge in [-0.15, -0.1) is 5.10 Å². The van der Waals surface area contributed by atoms with E-state index in [1.54, 1.807) is 11.8 Å². The molecule has 2 aromatic rings. The Morgan fingerprint density at radius 3 is 2.50 bits per heavy atom. The number of carbonyl (C=O) groups excluding carboxylic acids is 1. The Bertz CT molecular complexity index is 659. The van der Waals surface area contributed by atoms with Crippen molar-refractivity contribution in [3.63, 3.8) is 0 Å². The number of amides is 1. The monoisotopic (exact) mass is 302 g/mol. The first-order valence-corrected chi connectivity index (χ1v) is 7.27. The van der Waals surface area contributed by atoms with Gasteiger partial charge >= 0.3 is 0 Å². The Balaban J connectivity index is 2.27. The molecule has 0 saturated heterocycles. The molecule has 0 atom stereocenters. The average molecular weight is 302 g/mol. The molecule has 0 bridgehead atoms. The fourth-order valence-electron chi connectivity index (χ4n) is 1.96. The molecule has 0 saturated carbocycles. The number of rotatable bonds is 5. The lowest BCUT2D eigenvalue weighted by Crippen LogP contribution is -2.43. The zero-order valence-electron chi connectivity index (χ0n) is 13.7. The number of nitrogens with zero attached hydrogens (tertiary/aromatic N) is 3. The maximum atomic E-state index is 12.3. The third-order valence-corrected chi connectivity index (χ3v) is 3.76. The van der Waals surface area contributed by atoms with Gasteiger partial charge in [0.15, 0.2) is 5.69 Å². The summed E-state index contributed by atoms with van der Waals surface area (Å²) in [5.41, 5.74) is 1.61. The number of nitrogens with one attached hydrogen (secondary N) is 1. The predicted octanol–water partition coefficient (Wildman–Crippen LogP) is 2.50. The van der Waals surface area contributed by atoms with Gasteiger partial charge in [0, 0.05) is 5.54 Å². The quantitative estimate of drug-likeness (QED) is 0.921. The van der Waals surface area contributed by atoms with Crippen LogP contribution in [-0.4, -0.2) is 33.5 Å². The molecule has 6 nitrogen and oxygen atoms in total. The van der Waals surface area contributed by atoms with Crippen LogP contribution >= 0.6 is 0 Å². The Kier molecular flexibility index (Phi) is 4.49. The number of carbonyl (C=O) groups is 1. The lowest BCUT2D eigenvalue weighted by Gasteiger charge is -2.23. The van der Waals surface area contributed by atoms with Crippen molar-refractivity contribution in [1.82, 2.24) is 20.3 Å². The van der Waals surface area contributed by atoms with Crippen molar-refractivity contribution in [2.45, 2.75) is 39.7 Å². The zero-order valence-corrected chi connectivity index (χ0v) is 13.7. The molecule has 0 spiro atoms. The van der Waals surface area contributed by atoms with Crippen LogP contribution in [0.5, 0.6) is 5.75 Å². The molecule has 1 amide bonds. The van der Waals surface area contributed by atoms with E-state index in [1.165, 1.54) is 0 Å². The molecule has 0 fully saturated rings. The van der Waals surface area contributed by atoms with E-state index in [0.29, 0.717) is 11.4 Å². The summed E-state index contributed by atoms with van der Waals surface area (Å²) in [4.78, 5) is 12.3. The molecule has 0 aliphatic carbocycles. The maximum Gasteiger partial charge on any atom is 0.274 e. The second-order valence-electron chi connectivity index (χ2n) is 5.82. The Morgan fingerprint density at radius 1 is 1.32 bits per heavy atom. The van der Waals surface area contributed by atoms with Gasteiger partial charge in [0.05, 0.1) is 18.5 Å². The first-order chi connectivity index (χ1) is 10.4. The third-order valence-electron chi connectivity index (χ3n) is 3.76. The summed E-state index contributed by atoms with van der Waals surface area (Å²) in [5.74, 6) is 0.563. The fourth-order valence-corrected chi connectivity index (χ4v) is 1.96. The van der Waals surface area contributed by atoms with Crippen LogP contribution in [0.1, 0.15) is 43.4 Å². The number of aromatic nitrogens is 3. The van der Waals surface area contributed by atoms with Gasteiger partial charge in [-0.1, -0.05) is 12.1 Å². The van der Waals surface area contributed by atoms with Crippen molar-refractivity contribution in [2.75, 3.05) is 7.11 Å². The highest BCUT2D eigenvalue weighted by Gasteiger charge is 2.23. The van der Waals surface area contributed by atoms with Crippen LogP contribution in [0.15, 0.2) is 24.3 Å². The maximum absolute atomic E-state index is 12.3. The first-order valence-electron chi connectivity index (χ1n) is 7.27. The molecular weight excluding hydrogens is 280 g/mol. The molecule has 0 unspecified atom stereocenters. The molecule has 6 heteroatoms. The van der Waals surface area contributed by atoms with E-state index in [4.69, 9.17) is 4.74 Å². The summed E-state index contributed by atoms with van der Waals surface area (Å²) in [7, 11) is 1.62. The van der Waals surface area contributed by atoms with Gasteiger partial charge in [-0.3, -0.25) is 4.79 Å². The SMILES string of the molecule is CCC(C)(C)NC(=O)c1nnn(-c2ccc(OC)cc2)c1C. The molecule has 1 aromatic carbocycles. The minimum Gasteiger partial charge on any atom is -0.497 e. The van der Waals surface area contributed by atoms with Gasteiger partial charge in [-0.25, -0.2) is 4.68 Å². The van der Waals surface area contributed by atoms with Crippen LogP contribution in [0.3, 0.4) is 0 Å². The summed E-state index contributed by atoms with van der Waals surface area (Å²) < 4.78 is 6.78. The van der Waals surface area contributed by atoms with E-state index in [9.17, 15) is 4.79 Å². The number of hydrogen-bond donors (Lipinski definition) is 1. The molecule has 22 heavy (non-hydrogen) atoms. The Morgan fingerprint density at radius 2 is 1.95 bits per heavy atom. The summed E-state index contributed by atoms with van der Waals surface area (Å²) in [5, 5.41) is 11.1. The lowest BCUT2D eigenvalue weighted by molar-refractivity contribution is 0.0905. The average Bonchev–Trinajstić information content (AvgIpc) is 2.89. The Hall–Kier alpha value is -2.37. The van der Waals surface area contributed by atoms with Crippen molar-refractivity contribution < 1.29 is 9.53 Å². The van der Waals surface area contributed by atoms with Gasteiger partial charge in [-0.2, -0.15) is 0 Å². The fraction of sp³-hybridized carbons (Fsp3) is 0.438. The van der Waals surface area contributed by atoms with Gasteiger partial charge in [0.25, 0.3) is 5.91 Å². The molecule has 0 aliphatic rings. The first kappa shape index (κ1) is 16.0. The molecule has 0 radical (unpaired) electrons. The number of benzene rings is 1. The summed E-state index contributed by atoms with van der Waals surface area (Å²) in [6.07, 6.45) is 0.838. The largest absolute Gasteiger partial charge is 0.497 e. The second kappa shape index (κ2) is 6.17. The van der Waals surface area contributed by atoms with E-state index < -0.39 is 0 Å². The normalized spacial score (nSPS) is 11.3. The minimum absolute atomic E-state index is 0.205. The third kappa shape index (κ3) is 3.27. The zero-order chi connectivity index (χ0) is 16.3. The van der Waals surface area contributed by atoms with Crippen molar-refractivity contribution in [1.29, 1.82) is 0 Å². The summed E-state index contributed by atoms with van der Waals surface area (Å²) >= 11 is 0. The lowest BCUT2D eigenvalue weighted by atomic mass is 10.0. The van der Waals surface area contributed by atoms with Crippen molar-refractivity contribution >= 4 is 5.91 Å². The topological polar surface area (TPSA) is 69.0 Å². The van der Waals surface area contributed by atoms with Crippen LogP contribution < -0.4 is 10.1 Å². The summed E-state index contributed by atoms with van der Waals surface area (Å²) in [6, 6.07) is 7.43. The minimum atomic E-state index is -0.270. The van der Waals surface area contributed by atoms with E-state index >= 15 is 0 Å². The molecular formula is C16H22N4O2. The van der Waals surface area contributed by atoms with Gasteiger partial charge in [0.2, 0.25) is 0 Å². The molecule has 118 valence electrons. The van der Waals surface area contributed by atoms with Crippen molar-refractivity contribution in [2.24, 2.45) is 0 Å². The second-order valence-corrected chi connectivity index (χ2v) is 5.82. The van der Waals surface area contributed by atoms with Crippen LogP contribution in [0.4, 0.5) is 0 Å². The van der Waals surface area contributed by atoms with E-state index in [0.717, 1.165) is 17.9 Å².